The van der Waals surface area contributed by atoms with E-state index in [1.54, 1.807) is 45.4 Å². The molecule has 0 spiro atoms. The molecule has 0 fully saturated rings. The Bertz CT molecular complexity index is 888. The van der Waals surface area contributed by atoms with E-state index in [1.165, 1.54) is 6.07 Å². The first-order chi connectivity index (χ1) is 12.1. The highest BCUT2D eigenvalue weighted by Gasteiger charge is 2.36. The SMILES string of the molecule is CC(C)(C)OC(=O)NC1=N[C@](C)(c2cc(Br)ccc2F)Cn2cncc21. The second-order valence-electron chi connectivity index (χ2n) is 7.39. The van der Waals surface area contributed by atoms with Crippen molar-refractivity contribution in [1.29, 1.82) is 0 Å². The maximum atomic E-state index is 14.5. The largest absolute Gasteiger partial charge is 0.444 e. The van der Waals surface area contributed by atoms with Gasteiger partial charge in [0.25, 0.3) is 0 Å². The zero-order valence-corrected chi connectivity index (χ0v) is 16.6. The molecule has 0 aliphatic carbocycles. The molecule has 6 nitrogen and oxygen atoms in total. The summed E-state index contributed by atoms with van der Waals surface area (Å²) < 4.78 is 22.4. The lowest BCUT2D eigenvalue weighted by atomic mass is 9.90. The molecule has 0 bridgehead atoms. The number of fused-ring (bicyclic) bond motifs is 1. The molecule has 0 unspecified atom stereocenters. The molecule has 1 aromatic heterocycles. The average molecular weight is 423 g/mol. The number of imidazole rings is 1. The minimum absolute atomic E-state index is 0.296. The number of alkyl carbamates (subject to hydrolysis) is 1. The van der Waals surface area contributed by atoms with Gasteiger partial charge in [0.2, 0.25) is 0 Å². The minimum atomic E-state index is -0.911. The van der Waals surface area contributed by atoms with E-state index in [0.29, 0.717) is 23.6 Å². The summed E-state index contributed by atoms with van der Waals surface area (Å²) in [7, 11) is 0. The summed E-state index contributed by atoms with van der Waals surface area (Å²) in [6.07, 6.45) is 2.62. The van der Waals surface area contributed by atoms with E-state index in [4.69, 9.17) is 4.74 Å². The van der Waals surface area contributed by atoms with Gasteiger partial charge in [-0.3, -0.25) is 10.3 Å². The Hall–Kier alpha value is -2.22. The number of hydrogen-bond donors (Lipinski definition) is 1. The molecule has 8 heteroatoms. The highest BCUT2D eigenvalue weighted by molar-refractivity contribution is 9.10. The minimum Gasteiger partial charge on any atom is -0.444 e. The number of benzene rings is 1. The van der Waals surface area contributed by atoms with Crippen LogP contribution in [0.1, 0.15) is 39.0 Å². The van der Waals surface area contributed by atoms with E-state index in [2.05, 4.69) is 31.2 Å². The lowest BCUT2D eigenvalue weighted by Crippen LogP contribution is -2.43. The van der Waals surface area contributed by atoms with Crippen molar-refractivity contribution < 1.29 is 13.9 Å². The smallest absolute Gasteiger partial charge is 0.413 e. The molecule has 3 rings (SSSR count). The molecular formula is C18H20BrFN4O2. The maximum absolute atomic E-state index is 14.5. The lowest BCUT2D eigenvalue weighted by molar-refractivity contribution is 0.0562. The zero-order chi connectivity index (χ0) is 19.1. The Balaban J connectivity index is 2.01. The highest BCUT2D eigenvalue weighted by Crippen LogP contribution is 2.35. The van der Waals surface area contributed by atoms with Gasteiger partial charge < -0.3 is 9.30 Å². The first kappa shape index (κ1) is 18.6. The van der Waals surface area contributed by atoms with Crippen molar-refractivity contribution in [2.75, 3.05) is 0 Å². The van der Waals surface area contributed by atoms with E-state index >= 15 is 0 Å². The lowest BCUT2D eigenvalue weighted by Gasteiger charge is -2.33. The first-order valence-corrected chi connectivity index (χ1v) is 8.93. The Kier molecular flexibility index (Phi) is 4.64. The van der Waals surface area contributed by atoms with Crippen molar-refractivity contribution in [2.24, 2.45) is 4.99 Å². The Labute approximate surface area is 159 Å². The molecule has 1 aliphatic heterocycles. The van der Waals surface area contributed by atoms with Crippen LogP contribution >= 0.6 is 15.9 Å². The molecule has 0 saturated carbocycles. The number of carbonyl (C=O) groups excluding carboxylic acids is 1. The Morgan fingerprint density at radius 1 is 1.42 bits per heavy atom. The van der Waals surface area contributed by atoms with E-state index in [-0.39, 0.29) is 5.82 Å². The third-order valence-electron chi connectivity index (χ3n) is 3.92. The van der Waals surface area contributed by atoms with Gasteiger partial charge in [0.05, 0.1) is 19.1 Å². The van der Waals surface area contributed by atoms with E-state index in [0.717, 1.165) is 4.47 Å². The molecule has 2 aromatic rings. The number of amides is 1. The van der Waals surface area contributed by atoms with Crippen LogP contribution in [-0.4, -0.2) is 27.1 Å². The zero-order valence-electron chi connectivity index (χ0n) is 15.0. The molecule has 138 valence electrons. The first-order valence-electron chi connectivity index (χ1n) is 8.13. The summed E-state index contributed by atoms with van der Waals surface area (Å²) in [5, 5.41) is 2.67. The summed E-state index contributed by atoms with van der Waals surface area (Å²) in [4.78, 5) is 21.0. The predicted molar refractivity (Wildman–Crippen MR) is 99.6 cm³/mol. The van der Waals surface area contributed by atoms with Gasteiger partial charge in [-0.25, -0.2) is 14.2 Å². The van der Waals surface area contributed by atoms with Gasteiger partial charge in [0.15, 0.2) is 5.84 Å². The maximum Gasteiger partial charge on any atom is 0.413 e. The monoisotopic (exact) mass is 422 g/mol. The number of nitrogens with one attached hydrogen (secondary N) is 1. The topological polar surface area (TPSA) is 68.5 Å². The molecule has 1 aromatic carbocycles. The number of aromatic nitrogens is 2. The van der Waals surface area contributed by atoms with Gasteiger partial charge in [-0.15, -0.1) is 0 Å². The molecule has 0 saturated heterocycles. The van der Waals surface area contributed by atoms with Gasteiger partial charge in [0, 0.05) is 10.0 Å². The van der Waals surface area contributed by atoms with Crippen molar-refractivity contribution in [3.8, 4) is 0 Å². The van der Waals surface area contributed by atoms with Gasteiger partial charge in [-0.05, 0) is 45.9 Å². The second kappa shape index (κ2) is 6.50. The standard InChI is InChI=1S/C18H20BrFN4O2/c1-17(2,3)26-16(25)22-15-14-8-21-10-24(14)9-18(4,23-15)12-7-11(19)5-6-13(12)20/h5-8,10H,9H2,1-4H3,(H,22,23,25)/t18-/m0/s1. The molecule has 1 amide bonds. The van der Waals surface area contributed by atoms with Crippen LogP contribution in [-0.2, 0) is 16.8 Å². The molecule has 2 heterocycles. The fourth-order valence-electron chi connectivity index (χ4n) is 2.86. The van der Waals surface area contributed by atoms with Gasteiger partial charge >= 0.3 is 6.09 Å². The number of carbonyl (C=O) groups is 1. The van der Waals surface area contributed by atoms with Crippen molar-refractivity contribution in [3.05, 3.63) is 52.3 Å². The molecule has 0 radical (unpaired) electrons. The quantitative estimate of drug-likeness (QED) is 0.755. The van der Waals surface area contributed by atoms with E-state index in [9.17, 15) is 9.18 Å². The van der Waals surface area contributed by atoms with Gasteiger partial charge in [-0.1, -0.05) is 15.9 Å². The number of nitrogens with zero attached hydrogens (tertiary/aromatic N) is 3. The van der Waals surface area contributed by atoms with Crippen LogP contribution in [0.15, 0.2) is 40.2 Å². The summed E-state index contributed by atoms with van der Waals surface area (Å²) in [5.74, 6) is -0.0653. The van der Waals surface area contributed by atoms with Crippen LogP contribution < -0.4 is 5.32 Å². The summed E-state index contributed by atoms with van der Waals surface area (Å²) in [5.41, 5.74) is -0.482. The molecular weight excluding hydrogens is 403 g/mol. The number of halogens is 2. The molecule has 1 atom stereocenters. The molecule has 1 aliphatic rings. The van der Waals surface area contributed by atoms with Crippen molar-refractivity contribution >= 4 is 27.9 Å². The van der Waals surface area contributed by atoms with Crippen molar-refractivity contribution in [1.82, 2.24) is 14.9 Å². The Morgan fingerprint density at radius 3 is 2.85 bits per heavy atom. The summed E-state index contributed by atoms with van der Waals surface area (Å²) in [6, 6.07) is 4.73. The fraction of sp³-hybridized carbons (Fsp3) is 0.389. The predicted octanol–water partition coefficient (Wildman–Crippen LogP) is 3.99. The normalized spacial score (nSPS) is 19.5. The van der Waals surface area contributed by atoms with Crippen LogP contribution in [0.25, 0.3) is 0 Å². The van der Waals surface area contributed by atoms with E-state index in [1.807, 2.05) is 11.5 Å². The molecule has 26 heavy (non-hydrogen) atoms. The Morgan fingerprint density at radius 2 is 2.15 bits per heavy atom. The average Bonchev–Trinajstić information content (AvgIpc) is 2.95. The fourth-order valence-corrected chi connectivity index (χ4v) is 3.22. The number of rotatable bonds is 1. The molecule has 1 N–H and O–H groups in total. The van der Waals surface area contributed by atoms with Gasteiger partial charge in [-0.2, -0.15) is 0 Å². The van der Waals surface area contributed by atoms with Crippen LogP contribution in [0.2, 0.25) is 0 Å². The van der Waals surface area contributed by atoms with Crippen molar-refractivity contribution in [3.63, 3.8) is 0 Å². The van der Waals surface area contributed by atoms with Crippen LogP contribution in [0.4, 0.5) is 9.18 Å². The van der Waals surface area contributed by atoms with Crippen LogP contribution in [0.3, 0.4) is 0 Å². The summed E-state index contributed by atoms with van der Waals surface area (Å²) in [6.45, 7) is 7.55. The third kappa shape index (κ3) is 3.80. The number of aliphatic imine (C=N–C) groups is 1. The van der Waals surface area contributed by atoms with Crippen LogP contribution in [0.5, 0.6) is 0 Å². The van der Waals surface area contributed by atoms with E-state index < -0.39 is 17.2 Å². The van der Waals surface area contributed by atoms with Crippen molar-refractivity contribution in [2.45, 2.75) is 45.4 Å². The van der Waals surface area contributed by atoms with Crippen LogP contribution in [0, 0.1) is 5.82 Å². The summed E-state index contributed by atoms with van der Waals surface area (Å²) >= 11 is 3.38. The number of amidine groups is 1. The highest BCUT2D eigenvalue weighted by atomic mass is 79.9. The number of hydrogen-bond acceptors (Lipinski definition) is 4. The second-order valence-corrected chi connectivity index (χ2v) is 8.31. The third-order valence-corrected chi connectivity index (χ3v) is 4.41. The van der Waals surface area contributed by atoms with Gasteiger partial charge in [0.1, 0.15) is 22.7 Å². The number of ether oxygens (including phenoxy) is 1.